The van der Waals surface area contributed by atoms with Gasteiger partial charge in [-0.15, -0.1) is 11.8 Å². The molecule has 18 heavy (non-hydrogen) atoms. The van der Waals surface area contributed by atoms with E-state index in [9.17, 15) is 4.39 Å². The van der Waals surface area contributed by atoms with Gasteiger partial charge in [-0.25, -0.2) is 4.39 Å². The zero-order valence-electron chi connectivity index (χ0n) is 9.91. The van der Waals surface area contributed by atoms with E-state index in [1.807, 2.05) is 30.5 Å². The summed E-state index contributed by atoms with van der Waals surface area (Å²) in [5.41, 5.74) is 1.57. The summed E-state index contributed by atoms with van der Waals surface area (Å²) in [6.45, 7) is 0.421. The topological polar surface area (TPSA) is 12.0 Å². The van der Waals surface area contributed by atoms with Gasteiger partial charge in [-0.2, -0.15) is 0 Å². The molecule has 94 valence electrons. The van der Waals surface area contributed by atoms with Gasteiger partial charge in [-0.05, 0) is 24.5 Å². The molecule has 0 aliphatic heterocycles. The average Bonchev–Trinajstić information content (AvgIpc) is 2.41. The second-order valence-electron chi connectivity index (χ2n) is 3.77. The molecule has 2 rings (SSSR count). The van der Waals surface area contributed by atoms with E-state index in [4.69, 9.17) is 11.6 Å². The Morgan fingerprint density at radius 1 is 1.17 bits per heavy atom. The SMILES string of the molecule is CSc1ccccc1NCc1cccc(Cl)c1F. The van der Waals surface area contributed by atoms with Crippen molar-refractivity contribution < 1.29 is 4.39 Å². The largest absolute Gasteiger partial charge is 0.380 e. The zero-order valence-corrected chi connectivity index (χ0v) is 11.5. The lowest BCUT2D eigenvalue weighted by Crippen LogP contribution is -2.02. The van der Waals surface area contributed by atoms with Crippen LogP contribution in [0, 0.1) is 5.82 Å². The highest BCUT2D eigenvalue weighted by atomic mass is 35.5. The number of halogens is 2. The number of benzene rings is 2. The molecule has 1 N–H and O–H groups in total. The van der Waals surface area contributed by atoms with E-state index in [0.717, 1.165) is 10.6 Å². The smallest absolute Gasteiger partial charge is 0.146 e. The first-order valence-electron chi connectivity index (χ1n) is 5.52. The fraction of sp³-hybridized carbons (Fsp3) is 0.143. The van der Waals surface area contributed by atoms with Gasteiger partial charge in [0.1, 0.15) is 5.82 Å². The third kappa shape index (κ3) is 2.98. The first kappa shape index (κ1) is 13.2. The normalized spacial score (nSPS) is 10.4. The highest BCUT2D eigenvalue weighted by Gasteiger charge is 2.06. The summed E-state index contributed by atoms with van der Waals surface area (Å²) in [6, 6.07) is 13.0. The van der Waals surface area contributed by atoms with Gasteiger partial charge >= 0.3 is 0 Å². The minimum atomic E-state index is -0.353. The van der Waals surface area contributed by atoms with E-state index < -0.39 is 0 Å². The quantitative estimate of drug-likeness (QED) is 0.807. The maximum atomic E-state index is 13.7. The van der Waals surface area contributed by atoms with Crippen molar-refractivity contribution in [2.45, 2.75) is 11.4 Å². The molecule has 0 bridgehead atoms. The van der Waals surface area contributed by atoms with E-state index in [-0.39, 0.29) is 10.8 Å². The Hall–Kier alpha value is -1.19. The number of para-hydroxylation sites is 1. The minimum absolute atomic E-state index is 0.160. The first-order chi connectivity index (χ1) is 8.72. The fourth-order valence-corrected chi connectivity index (χ4v) is 2.44. The lowest BCUT2D eigenvalue weighted by molar-refractivity contribution is 0.613. The molecule has 0 spiro atoms. The third-order valence-electron chi connectivity index (χ3n) is 2.61. The molecule has 0 atom stereocenters. The van der Waals surface area contributed by atoms with Crippen LogP contribution >= 0.6 is 23.4 Å². The molecule has 0 unspecified atom stereocenters. The van der Waals surface area contributed by atoms with Gasteiger partial charge in [0.15, 0.2) is 0 Å². The highest BCUT2D eigenvalue weighted by molar-refractivity contribution is 7.98. The maximum absolute atomic E-state index is 13.7. The van der Waals surface area contributed by atoms with Crippen LogP contribution in [-0.4, -0.2) is 6.26 Å². The van der Waals surface area contributed by atoms with Gasteiger partial charge in [-0.3, -0.25) is 0 Å². The first-order valence-corrected chi connectivity index (χ1v) is 7.12. The third-order valence-corrected chi connectivity index (χ3v) is 3.70. The predicted octanol–water partition coefficient (Wildman–Crippen LogP) is 4.81. The van der Waals surface area contributed by atoms with Crippen LogP contribution in [0.25, 0.3) is 0 Å². The molecule has 0 radical (unpaired) electrons. The predicted molar refractivity (Wildman–Crippen MR) is 77.0 cm³/mol. The van der Waals surface area contributed by atoms with Gasteiger partial charge in [0.2, 0.25) is 0 Å². The number of anilines is 1. The van der Waals surface area contributed by atoms with E-state index in [0.29, 0.717) is 12.1 Å². The fourth-order valence-electron chi connectivity index (χ4n) is 1.67. The summed E-state index contributed by atoms with van der Waals surface area (Å²) < 4.78 is 13.7. The molecule has 1 nitrogen and oxygen atoms in total. The molecule has 0 aliphatic carbocycles. The van der Waals surface area contributed by atoms with Gasteiger partial charge in [0, 0.05) is 22.7 Å². The second-order valence-corrected chi connectivity index (χ2v) is 5.02. The lowest BCUT2D eigenvalue weighted by Gasteiger charge is -2.11. The van der Waals surface area contributed by atoms with Crippen molar-refractivity contribution >= 4 is 29.1 Å². The molecule has 2 aromatic rings. The molecule has 0 amide bonds. The molecule has 0 fully saturated rings. The van der Waals surface area contributed by atoms with E-state index >= 15 is 0 Å². The molecule has 0 aliphatic rings. The molecule has 0 heterocycles. The van der Waals surface area contributed by atoms with Gasteiger partial charge in [0.05, 0.1) is 5.02 Å². The van der Waals surface area contributed by atoms with Crippen LogP contribution in [0.2, 0.25) is 5.02 Å². The summed E-state index contributed by atoms with van der Waals surface area (Å²) >= 11 is 7.40. The number of thioether (sulfide) groups is 1. The van der Waals surface area contributed by atoms with E-state index in [1.54, 1.807) is 30.0 Å². The van der Waals surface area contributed by atoms with E-state index in [2.05, 4.69) is 5.32 Å². The number of hydrogen-bond donors (Lipinski definition) is 1. The number of hydrogen-bond acceptors (Lipinski definition) is 2. The Morgan fingerprint density at radius 3 is 2.72 bits per heavy atom. The van der Waals surface area contributed by atoms with Crippen molar-refractivity contribution in [2.24, 2.45) is 0 Å². The van der Waals surface area contributed by atoms with Gasteiger partial charge < -0.3 is 5.32 Å². The van der Waals surface area contributed by atoms with Crippen LogP contribution in [0.4, 0.5) is 10.1 Å². The molecule has 0 saturated heterocycles. The summed E-state index contributed by atoms with van der Waals surface area (Å²) in [4.78, 5) is 1.14. The average molecular weight is 282 g/mol. The molecule has 0 aromatic heterocycles. The highest BCUT2D eigenvalue weighted by Crippen LogP contribution is 2.26. The molecule has 2 aromatic carbocycles. The van der Waals surface area contributed by atoms with Crippen LogP contribution in [0.3, 0.4) is 0 Å². The minimum Gasteiger partial charge on any atom is -0.380 e. The van der Waals surface area contributed by atoms with Crippen LogP contribution in [0.5, 0.6) is 0 Å². The Balaban J connectivity index is 2.14. The zero-order chi connectivity index (χ0) is 13.0. The molecule has 0 saturated carbocycles. The van der Waals surface area contributed by atoms with Crippen molar-refractivity contribution in [2.75, 3.05) is 11.6 Å². The van der Waals surface area contributed by atoms with Gasteiger partial charge in [0.25, 0.3) is 0 Å². The van der Waals surface area contributed by atoms with Crippen molar-refractivity contribution in [1.82, 2.24) is 0 Å². The lowest BCUT2D eigenvalue weighted by atomic mass is 10.2. The van der Waals surface area contributed by atoms with Crippen LogP contribution in [-0.2, 0) is 6.54 Å². The molecular formula is C14H13ClFNS. The summed E-state index contributed by atoms with van der Waals surface area (Å²) in [5.74, 6) is -0.353. The summed E-state index contributed by atoms with van der Waals surface area (Å²) in [5, 5.41) is 3.39. The summed E-state index contributed by atoms with van der Waals surface area (Å²) in [7, 11) is 0. The van der Waals surface area contributed by atoms with Gasteiger partial charge in [-0.1, -0.05) is 35.9 Å². The summed E-state index contributed by atoms with van der Waals surface area (Å²) in [6.07, 6.45) is 2.01. The standard InChI is InChI=1S/C14H13ClFNS/c1-18-13-8-3-2-7-12(13)17-9-10-5-4-6-11(15)14(10)16/h2-8,17H,9H2,1H3. The van der Waals surface area contributed by atoms with Crippen molar-refractivity contribution in [3.8, 4) is 0 Å². The Bertz CT molecular complexity index is 545. The van der Waals surface area contributed by atoms with Crippen LogP contribution < -0.4 is 5.32 Å². The van der Waals surface area contributed by atoms with Crippen molar-refractivity contribution in [1.29, 1.82) is 0 Å². The maximum Gasteiger partial charge on any atom is 0.146 e. The van der Waals surface area contributed by atoms with Crippen LogP contribution in [0.15, 0.2) is 47.4 Å². The monoisotopic (exact) mass is 281 g/mol. The molecule has 4 heteroatoms. The Kier molecular flexibility index (Phi) is 4.50. The Labute approximate surface area is 115 Å². The number of rotatable bonds is 4. The number of nitrogens with one attached hydrogen (secondary N) is 1. The van der Waals surface area contributed by atoms with Crippen molar-refractivity contribution in [3.63, 3.8) is 0 Å². The second kappa shape index (κ2) is 6.12. The van der Waals surface area contributed by atoms with E-state index in [1.165, 1.54) is 0 Å². The Morgan fingerprint density at radius 2 is 1.94 bits per heavy atom. The van der Waals surface area contributed by atoms with Crippen molar-refractivity contribution in [3.05, 3.63) is 58.9 Å². The molecular weight excluding hydrogens is 269 g/mol. The van der Waals surface area contributed by atoms with Crippen LogP contribution in [0.1, 0.15) is 5.56 Å².